The van der Waals surface area contributed by atoms with E-state index in [1.54, 1.807) is 0 Å². The maximum atomic E-state index is 12.1. The van der Waals surface area contributed by atoms with Crippen LogP contribution in [0.25, 0.3) is 0 Å². The van der Waals surface area contributed by atoms with Gasteiger partial charge in [-0.15, -0.1) is 0 Å². The van der Waals surface area contributed by atoms with Gasteiger partial charge in [0.05, 0.1) is 6.04 Å². The fourth-order valence-corrected chi connectivity index (χ4v) is 2.70. The average Bonchev–Trinajstić information content (AvgIpc) is 2.52. The third-order valence-electron chi connectivity index (χ3n) is 3.49. The molecule has 126 valence electrons. The van der Waals surface area contributed by atoms with Crippen molar-refractivity contribution >= 4 is 23.2 Å². The summed E-state index contributed by atoms with van der Waals surface area (Å²) in [5.41, 5.74) is 2.12. The molecular formula is C20H24N2OS. The van der Waals surface area contributed by atoms with Crippen LogP contribution in [0.15, 0.2) is 60.7 Å². The topological polar surface area (TPSA) is 41.1 Å². The molecule has 0 aliphatic carbocycles. The molecule has 0 spiro atoms. The number of rotatable bonds is 4. The van der Waals surface area contributed by atoms with Crippen LogP contribution >= 0.6 is 12.2 Å². The van der Waals surface area contributed by atoms with Gasteiger partial charge >= 0.3 is 0 Å². The van der Waals surface area contributed by atoms with Crippen molar-refractivity contribution in [2.75, 3.05) is 0 Å². The van der Waals surface area contributed by atoms with Gasteiger partial charge in [0, 0.05) is 6.42 Å². The average molecular weight is 340 g/mol. The number of amides is 1. The lowest BCUT2D eigenvalue weighted by atomic mass is 9.92. The van der Waals surface area contributed by atoms with E-state index in [-0.39, 0.29) is 17.4 Å². The van der Waals surface area contributed by atoms with Gasteiger partial charge in [0.1, 0.15) is 0 Å². The number of hydrogen-bond acceptors (Lipinski definition) is 2. The summed E-state index contributed by atoms with van der Waals surface area (Å²) in [4.78, 5) is 12.1. The summed E-state index contributed by atoms with van der Waals surface area (Å²) in [6, 6.07) is 20.0. The molecule has 0 bridgehead atoms. The number of hydrogen-bond donors (Lipinski definition) is 2. The Morgan fingerprint density at radius 3 is 1.83 bits per heavy atom. The third kappa shape index (κ3) is 5.78. The maximum Gasteiger partial charge on any atom is 0.226 e. The van der Waals surface area contributed by atoms with Crippen LogP contribution in [0.3, 0.4) is 0 Å². The summed E-state index contributed by atoms with van der Waals surface area (Å²) < 4.78 is 0. The van der Waals surface area contributed by atoms with Gasteiger partial charge in [-0.3, -0.25) is 4.79 Å². The highest BCUT2D eigenvalue weighted by Crippen LogP contribution is 2.22. The molecule has 0 saturated carbocycles. The lowest BCUT2D eigenvalue weighted by Gasteiger charge is -2.23. The van der Waals surface area contributed by atoms with Gasteiger partial charge in [-0.2, -0.15) is 0 Å². The summed E-state index contributed by atoms with van der Waals surface area (Å²) in [5.74, 6) is -0.0696. The fraction of sp³-hybridized carbons (Fsp3) is 0.300. The predicted octanol–water partition coefficient (Wildman–Crippen LogP) is 4.20. The van der Waals surface area contributed by atoms with Gasteiger partial charge in [-0.1, -0.05) is 81.4 Å². The molecule has 2 aromatic rings. The van der Waals surface area contributed by atoms with Gasteiger partial charge in [0.25, 0.3) is 0 Å². The fourth-order valence-electron chi connectivity index (χ4n) is 2.47. The molecule has 3 nitrogen and oxygen atoms in total. The maximum absolute atomic E-state index is 12.1. The van der Waals surface area contributed by atoms with Crippen molar-refractivity contribution in [2.24, 2.45) is 5.41 Å². The first-order valence-electron chi connectivity index (χ1n) is 8.05. The normalized spacial score (nSPS) is 11.2. The highest BCUT2D eigenvalue weighted by molar-refractivity contribution is 7.80. The van der Waals surface area contributed by atoms with Crippen LogP contribution in [0.2, 0.25) is 0 Å². The molecule has 2 rings (SSSR count). The van der Waals surface area contributed by atoms with Crippen LogP contribution in [0.1, 0.15) is 44.4 Å². The Morgan fingerprint density at radius 2 is 1.42 bits per heavy atom. The second-order valence-electron chi connectivity index (χ2n) is 7.01. The molecule has 0 atom stereocenters. The lowest BCUT2D eigenvalue weighted by molar-refractivity contribution is -0.121. The Balaban J connectivity index is 2.12. The van der Waals surface area contributed by atoms with Crippen LogP contribution in [0, 0.1) is 5.41 Å². The van der Waals surface area contributed by atoms with E-state index in [0.717, 1.165) is 11.1 Å². The quantitative estimate of drug-likeness (QED) is 0.820. The molecule has 0 heterocycles. The molecule has 0 radical (unpaired) electrons. The lowest BCUT2D eigenvalue weighted by Crippen LogP contribution is -2.42. The van der Waals surface area contributed by atoms with Gasteiger partial charge < -0.3 is 10.6 Å². The van der Waals surface area contributed by atoms with E-state index in [9.17, 15) is 4.79 Å². The Bertz CT molecular complexity index is 638. The van der Waals surface area contributed by atoms with Crippen LogP contribution < -0.4 is 10.6 Å². The van der Waals surface area contributed by atoms with Crippen molar-refractivity contribution in [3.05, 3.63) is 71.8 Å². The number of carbonyl (C=O) groups is 1. The van der Waals surface area contributed by atoms with E-state index in [1.165, 1.54) is 0 Å². The second-order valence-corrected chi connectivity index (χ2v) is 7.42. The van der Waals surface area contributed by atoms with Crippen molar-refractivity contribution < 1.29 is 4.79 Å². The SMILES string of the molecule is CC(C)(C)CC(=O)NC(=S)NC(c1ccccc1)c1ccccc1. The molecule has 1 amide bonds. The molecule has 0 unspecified atom stereocenters. The van der Waals surface area contributed by atoms with Crippen molar-refractivity contribution in [3.8, 4) is 0 Å². The molecule has 24 heavy (non-hydrogen) atoms. The summed E-state index contributed by atoms with van der Waals surface area (Å²) in [6.45, 7) is 6.08. The number of nitrogens with one attached hydrogen (secondary N) is 2. The van der Waals surface area contributed by atoms with Crippen molar-refractivity contribution in [2.45, 2.75) is 33.2 Å². The van der Waals surface area contributed by atoms with Crippen molar-refractivity contribution in [1.82, 2.24) is 10.6 Å². The van der Waals surface area contributed by atoms with Gasteiger partial charge in [0.15, 0.2) is 5.11 Å². The highest BCUT2D eigenvalue weighted by Gasteiger charge is 2.19. The summed E-state index contributed by atoms with van der Waals surface area (Å²) in [6.07, 6.45) is 0.427. The minimum Gasteiger partial charge on any atom is -0.351 e. The standard InChI is InChI=1S/C20H24N2OS/c1-20(2,3)14-17(23)21-19(24)22-18(15-10-6-4-7-11-15)16-12-8-5-9-13-16/h4-13,18H,14H2,1-3H3,(H2,21,22,23,24). The zero-order chi connectivity index (χ0) is 17.6. The first-order chi connectivity index (χ1) is 11.3. The van der Waals surface area contributed by atoms with Gasteiger partial charge in [-0.05, 0) is 28.8 Å². The summed E-state index contributed by atoms with van der Waals surface area (Å²) >= 11 is 5.35. The van der Waals surface area contributed by atoms with Crippen LogP contribution in [-0.2, 0) is 4.79 Å². The summed E-state index contributed by atoms with van der Waals surface area (Å²) in [7, 11) is 0. The first kappa shape index (κ1) is 18.1. The molecule has 0 fully saturated rings. The molecule has 2 aromatic carbocycles. The Kier molecular flexibility index (Phi) is 6.10. The molecule has 0 saturated heterocycles. The van der Waals surface area contributed by atoms with E-state index in [2.05, 4.69) is 10.6 Å². The Hall–Kier alpha value is -2.20. The Labute approximate surface area is 149 Å². The van der Waals surface area contributed by atoms with Crippen molar-refractivity contribution in [1.29, 1.82) is 0 Å². The largest absolute Gasteiger partial charge is 0.351 e. The number of benzene rings is 2. The minimum absolute atomic E-state index is 0.0696. The zero-order valence-corrected chi connectivity index (χ0v) is 15.2. The zero-order valence-electron chi connectivity index (χ0n) is 14.4. The second kappa shape index (κ2) is 8.06. The minimum atomic E-state index is -0.102. The number of carbonyl (C=O) groups excluding carboxylic acids is 1. The van der Waals surface area contributed by atoms with Crippen molar-refractivity contribution in [3.63, 3.8) is 0 Å². The van der Waals surface area contributed by atoms with Crippen LogP contribution in [-0.4, -0.2) is 11.0 Å². The third-order valence-corrected chi connectivity index (χ3v) is 3.70. The van der Waals surface area contributed by atoms with E-state index in [1.807, 2.05) is 81.4 Å². The Morgan fingerprint density at radius 1 is 0.958 bits per heavy atom. The monoisotopic (exact) mass is 340 g/mol. The molecular weight excluding hydrogens is 316 g/mol. The first-order valence-corrected chi connectivity index (χ1v) is 8.46. The van der Waals surface area contributed by atoms with E-state index >= 15 is 0 Å². The van der Waals surface area contributed by atoms with E-state index < -0.39 is 0 Å². The van der Waals surface area contributed by atoms with E-state index in [4.69, 9.17) is 12.2 Å². The smallest absolute Gasteiger partial charge is 0.226 e. The van der Waals surface area contributed by atoms with E-state index in [0.29, 0.717) is 11.5 Å². The van der Waals surface area contributed by atoms with Crippen LogP contribution in [0.5, 0.6) is 0 Å². The molecule has 0 aliphatic heterocycles. The van der Waals surface area contributed by atoms with Gasteiger partial charge in [-0.25, -0.2) is 0 Å². The molecule has 2 N–H and O–H groups in total. The predicted molar refractivity (Wildman–Crippen MR) is 103 cm³/mol. The van der Waals surface area contributed by atoms with Crippen LogP contribution in [0.4, 0.5) is 0 Å². The number of thiocarbonyl (C=S) groups is 1. The summed E-state index contributed by atoms with van der Waals surface area (Å²) in [5, 5.41) is 6.40. The molecule has 4 heteroatoms. The molecule has 0 aliphatic rings. The van der Waals surface area contributed by atoms with Gasteiger partial charge in [0.2, 0.25) is 5.91 Å². The highest BCUT2D eigenvalue weighted by atomic mass is 32.1. The molecule has 0 aromatic heterocycles.